The minimum absolute atomic E-state index is 0.123. The van der Waals surface area contributed by atoms with Crippen molar-refractivity contribution in [1.82, 2.24) is 16.0 Å². The van der Waals surface area contributed by atoms with Gasteiger partial charge in [0.15, 0.2) is 0 Å². The largest absolute Gasteiger partial charge is 0.480 e. The third kappa shape index (κ3) is 4.23. The maximum Gasteiger partial charge on any atom is 0.322 e. The van der Waals surface area contributed by atoms with Gasteiger partial charge in [-0.3, -0.25) is 9.59 Å². The van der Waals surface area contributed by atoms with Crippen LogP contribution in [0.15, 0.2) is 0 Å². The van der Waals surface area contributed by atoms with Crippen LogP contribution in [-0.4, -0.2) is 41.6 Å². The highest BCUT2D eigenvalue weighted by Gasteiger charge is 2.36. The van der Waals surface area contributed by atoms with Gasteiger partial charge in [-0.15, -0.1) is 0 Å². The second-order valence-electron chi connectivity index (χ2n) is 4.47. The monoisotopic (exact) mass is 257 g/mol. The third-order valence-electron chi connectivity index (χ3n) is 3.21. The first-order chi connectivity index (χ1) is 8.47. The normalized spacial score (nSPS) is 16.3. The van der Waals surface area contributed by atoms with E-state index in [0.29, 0.717) is 0 Å². The van der Waals surface area contributed by atoms with Crippen LogP contribution in [0, 0.1) is 0 Å². The molecule has 1 saturated carbocycles. The van der Waals surface area contributed by atoms with Crippen molar-refractivity contribution in [3.05, 3.63) is 0 Å². The van der Waals surface area contributed by atoms with Gasteiger partial charge >= 0.3 is 12.0 Å². The summed E-state index contributed by atoms with van der Waals surface area (Å²) in [5.74, 6) is -1.64. The maximum atomic E-state index is 11.5. The van der Waals surface area contributed by atoms with Gasteiger partial charge in [0.2, 0.25) is 5.91 Å². The Bertz CT molecular complexity index is 334. The molecule has 102 valence electrons. The number of amides is 3. The lowest BCUT2D eigenvalue weighted by Crippen LogP contribution is -2.56. The van der Waals surface area contributed by atoms with Crippen LogP contribution in [0.2, 0.25) is 0 Å². The zero-order chi connectivity index (χ0) is 13.6. The van der Waals surface area contributed by atoms with Gasteiger partial charge in [-0.25, -0.2) is 4.79 Å². The van der Waals surface area contributed by atoms with E-state index < -0.39 is 18.4 Å². The van der Waals surface area contributed by atoms with Crippen molar-refractivity contribution < 1.29 is 19.5 Å². The zero-order valence-electron chi connectivity index (χ0n) is 10.4. The van der Waals surface area contributed by atoms with Crippen LogP contribution in [-0.2, 0) is 9.59 Å². The lowest BCUT2D eigenvalue weighted by atomic mass is 9.75. The standard InChI is InChI=1S/C11H19N3O4/c1-2-11(4-3-5-11)14-10(18)13-6-8(15)12-7-9(16)17/h2-7H2,1H3,(H,12,15)(H,16,17)(H2,13,14,18). The minimum Gasteiger partial charge on any atom is -0.480 e. The Morgan fingerprint density at radius 1 is 1.17 bits per heavy atom. The van der Waals surface area contributed by atoms with E-state index in [2.05, 4.69) is 16.0 Å². The average Bonchev–Trinajstić information content (AvgIpc) is 2.28. The number of carboxylic acid groups (broad SMARTS) is 1. The first-order valence-corrected chi connectivity index (χ1v) is 6.02. The summed E-state index contributed by atoms with van der Waals surface area (Å²) in [6, 6.07) is -0.387. The molecule has 0 aromatic heterocycles. The Morgan fingerprint density at radius 2 is 1.83 bits per heavy atom. The summed E-state index contributed by atoms with van der Waals surface area (Å²) in [5.41, 5.74) is -0.123. The summed E-state index contributed by atoms with van der Waals surface area (Å²) >= 11 is 0. The second kappa shape index (κ2) is 6.23. The van der Waals surface area contributed by atoms with E-state index in [1.807, 2.05) is 6.92 Å². The van der Waals surface area contributed by atoms with Gasteiger partial charge < -0.3 is 21.1 Å². The number of carboxylic acids is 1. The van der Waals surface area contributed by atoms with Crippen LogP contribution >= 0.6 is 0 Å². The molecule has 0 unspecified atom stereocenters. The summed E-state index contributed by atoms with van der Waals surface area (Å²) in [6.45, 7) is 1.35. The van der Waals surface area contributed by atoms with Crippen molar-refractivity contribution in [3.8, 4) is 0 Å². The fourth-order valence-corrected chi connectivity index (χ4v) is 1.85. The third-order valence-corrected chi connectivity index (χ3v) is 3.21. The van der Waals surface area contributed by atoms with E-state index in [9.17, 15) is 14.4 Å². The lowest BCUT2D eigenvalue weighted by Gasteiger charge is -2.41. The summed E-state index contributed by atoms with van der Waals surface area (Å²) in [6.07, 6.45) is 3.89. The average molecular weight is 257 g/mol. The topological polar surface area (TPSA) is 108 Å². The molecule has 18 heavy (non-hydrogen) atoms. The molecule has 0 aromatic carbocycles. The Balaban J connectivity index is 2.20. The van der Waals surface area contributed by atoms with Crippen molar-refractivity contribution in [2.24, 2.45) is 0 Å². The summed E-state index contributed by atoms with van der Waals surface area (Å²) < 4.78 is 0. The van der Waals surface area contributed by atoms with Crippen LogP contribution in [0.4, 0.5) is 4.79 Å². The number of hydrogen-bond donors (Lipinski definition) is 4. The zero-order valence-corrected chi connectivity index (χ0v) is 10.4. The van der Waals surface area contributed by atoms with Crippen molar-refractivity contribution >= 4 is 17.9 Å². The highest BCUT2D eigenvalue weighted by Crippen LogP contribution is 2.34. The molecular formula is C11H19N3O4. The molecular weight excluding hydrogens is 238 g/mol. The molecule has 3 amide bonds. The van der Waals surface area contributed by atoms with E-state index in [1.165, 1.54) is 0 Å². The predicted molar refractivity (Wildman–Crippen MR) is 64.1 cm³/mol. The molecule has 0 radical (unpaired) electrons. The van der Waals surface area contributed by atoms with Crippen molar-refractivity contribution in [2.45, 2.75) is 38.1 Å². The Kier molecular flexibility index (Phi) is 4.94. The van der Waals surface area contributed by atoms with Crippen molar-refractivity contribution in [2.75, 3.05) is 13.1 Å². The van der Waals surface area contributed by atoms with Gasteiger partial charge in [-0.05, 0) is 25.7 Å². The Hall–Kier alpha value is -1.79. The van der Waals surface area contributed by atoms with Gasteiger partial charge in [0.25, 0.3) is 0 Å². The predicted octanol–water partition coefficient (Wildman–Crippen LogP) is -0.181. The summed E-state index contributed by atoms with van der Waals surface area (Å²) in [7, 11) is 0. The van der Waals surface area contributed by atoms with Gasteiger partial charge in [-0.1, -0.05) is 6.92 Å². The molecule has 0 aromatic rings. The van der Waals surface area contributed by atoms with Gasteiger partial charge in [0.05, 0.1) is 6.54 Å². The Morgan fingerprint density at radius 3 is 2.28 bits per heavy atom. The van der Waals surface area contributed by atoms with E-state index in [-0.39, 0.29) is 18.1 Å². The van der Waals surface area contributed by atoms with Crippen molar-refractivity contribution in [1.29, 1.82) is 0 Å². The maximum absolute atomic E-state index is 11.5. The number of carbonyl (C=O) groups excluding carboxylic acids is 2. The number of nitrogens with one attached hydrogen (secondary N) is 3. The number of hydrogen-bond acceptors (Lipinski definition) is 3. The summed E-state index contributed by atoms with van der Waals surface area (Å²) in [4.78, 5) is 32.9. The summed E-state index contributed by atoms with van der Waals surface area (Å²) in [5, 5.41) is 15.8. The molecule has 7 heteroatoms. The molecule has 0 atom stereocenters. The minimum atomic E-state index is -1.12. The lowest BCUT2D eigenvalue weighted by molar-refractivity contribution is -0.137. The van der Waals surface area contributed by atoms with Crippen LogP contribution < -0.4 is 16.0 Å². The van der Waals surface area contributed by atoms with E-state index in [4.69, 9.17) is 5.11 Å². The quantitative estimate of drug-likeness (QED) is 0.529. The van der Waals surface area contributed by atoms with E-state index in [0.717, 1.165) is 25.7 Å². The number of aliphatic carboxylic acids is 1. The smallest absolute Gasteiger partial charge is 0.322 e. The molecule has 1 aliphatic carbocycles. The van der Waals surface area contributed by atoms with Gasteiger partial charge in [-0.2, -0.15) is 0 Å². The van der Waals surface area contributed by atoms with E-state index in [1.54, 1.807) is 0 Å². The first kappa shape index (κ1) is 14.3. The molecule has 0 aliphatic heterocycles. The molecule has 1 rings (SSSR count). The number of rotatable bonds is 6. The van der Waals surface area contributed by atoms with Crippen LogP contribution in [0.25, 0.3) is 0 Å². The van der Waals surface area contributed by atoms with Gasteiger partial charge in [0, 0.05) is 5.54 Å². The van der Waals surface area contributed by atoms with E-state index >= 15 is 0 Å². The molecule has 0 spiro atoms. The molecule has 0 saturated heterocycles. The van der Waals surface area contributed by atoms with Crippen molar-refractivity contribution in [3.63, 3.8) is 0 Å². The van der Waals surface area contributed by atoms with Crippen LogP contribution in [0.5, 0.6) is 0 Å². The molecule has 0 heterocycles. The molecule has 7 nitrogen and oxygen atoms in total. The molecule has 1 fully saturated rings. The van der Waals surface area contributed by atoms with Crippen LogP contribution in [0.3, 0.4) is 0 Å². The molecule has 1 aliphatic rings. The SMILES string of the molecule is CCC1(NC(=O)NCC(=O)NCC(=O)O)CCC1. The van der Waals surface area contributed by atoms with Gasteiger partial charge in [0.1, 0.15) is 6.54 Å². The first-order valence-electron chi connectivity index (χ1n) is 6.02. The Labute approximate surface area is 105 Å². The fourth-order valence-electron chi connectivity index (χ4n) is 1.85. The molecule has 0 bridgehead atoms. The second-order valence-corrected chi connectivity index (χ2v) is 4.47. The highest BCUT2D eigenvalue weighted by molar-refractivity contribution is 5.86. The fraction of sp³-hybridized carbons (Fsp3) is 0.727. The van der Waals surface area contributed by atoms with Crippen LogP contribution in [0.1, 0.15) is 32.6 Å². The molecule has 4 N–H and O–H groups in total. The number of urea groups is 1. The highest BCUT2D eigenvalue weighted by atomic mass is 16.4. The number of carbonyl (C=O) groups is 3.